The average molecular weight is 391 g/mol. The zero-order chi connectivity index (χ0) is 18.9. The molecule has 0 unspecified atom stereocenters. The molecular weight excluding hydrogens is 368 g/mol. The van der Waals surface area contributed by atoms with Crippen molar-refractivity contribution in [3.05, 3.63) is 102 Å². The van der Waals surface area contributed by atoms with Gasteiger partial charge in [-0.05, 0) is 24.1 Å². The first-order valence-corrected chi connectivity index (χ1v) is 10.2. The third kappa shape index (κ3) is 6.35. The second kappa shape index (κ2) is 10.0. The van der Waals surface area contributed by atoms with Crippen molar-refractivity contribution in [2.75, 3.05) is 0 Å². The number of allylic oxidation sites excluding steroid dienone is 5. The quantitative estimate of drug-likeness (QED) is 0.377. The molecule has 0 fully saturated rings. The Hall–Kier alpha value is -2.43. The van der Waals surface area contributed by atoms with Gasteiger partial charge in [0.15, 0.2) is 4.32 Å². The van der Waals surface area contributed by atoms with Crippen molar-refractivity contribution in [2.24, 2.45) is 11.0 Å². The van der Waals surface area contributed by atoms with Gasteiger partial charge in [0.1, 0.15) is 0 Å². The number of nitrogens with zero attached hydrogens (tertiary/aromatic N) is 1. The Morgan fingerprint density at radius 2 is 1.78 bits per heavy atom. The number of aryl methyl sites for hydroxylation is 1. The first-order chi connectivity index (χ1) is 13.2. The molecule has 3 rings (SSSR count). The molecule has 0 atom stereocenters. The Morgan fingerprint density at radius 3 is 2.48 bits per heavy atom. The number of nitrogens with one attached hydrogen (secondary N) is 1. The van der Waals surface area contributed by atoms with Gasteiger partial charge >= 0.3 is 0 Å². The molecule has 0 radical (unpaired) electrons. The molecule has 0 aromatic heterocycles. The molecule has 0 aliphatic heterocycles. The van der Waals surface area contributed by atoms with Crippen LogP contribution in [0.15, 0.2) is 90.1 Å². The second-order valence-corrected chi connectivity index (χ2v) is 7.90. The molecule has 4 heteroatoms. The smallest absolute Gasteiger partial charge is 0.154 e. The molecule has 0 heterocycles. The van der Waals surface area contributed by atoms with Crippen molar-refractivity contribution in [1.29, 1.82) is 0 Å². The first-order valence-electron chi connectivity index (χ1n) is 8.85. The highest BCUT2D eigenvalue weighted by Crippen LogP contribution is 2.15. The SMILES string of the molecule is Cc1ccc(/C=C/C(=N\NC(=S)SCc2ccccc2)C2C=CC=C2)cc1. The van der Waals surface area contributed by atoms with Crippen molar-refractivity contribution in [3.8, 4) is 0 Å². The fourth-order valence-electron chi connectivity index (χ4n) is 2.58. The van der Waals surface area contributed by atoms with E-state index in [1.165, 1.54) is 11.1 Å². The Bertz CT molecular complexity index is 866. The molecule has 2 nitrogen and oxygen atoms in total. The van der Waals surface area contributed by atoms with E-state index in [4.69, 9.17) is 12.2 Å². The zero-order valence-corrected chi connectivity index (χ0v) is 16.8. The third-order valence-corrected chi connectivity index (χ3v) is 5.38. The topological polar surface area (TPSA) is 24.4 Å². The van der Waals surface area contributed by atoms with E-state index in [0.717, 1.165) is 17.0 Å². The normalized spacial score (nSPS) is 14.2. The highest BCUT2D eigenvalue weighted by molar-refractivity contribution is 8.22. The maximum atomic E-state index is 5.42. The first kappa shape index (κ1) is 19.3. The van der Waals surface area contributed by atoms with Gasteiger partial charge in [-0.2, -0.15) is 5.10 Å². The fraction of sp³-hybridized carbons (Fsp3) is 0.130. The van der Waals surface area contributed by atoms with Crippen molar-refractivity contribution in [3.63, 3.8) is 0 Å². The van der Waals surface area contributed by atoms with Gasteiger partial charge in [0.25, 0.3) is 0 Å². The lowest BCUT2D eigenvalue weighted by Crippen LogP contribution is -2.17. The zero-order valence-electron chi connectivity index (χ0n) is 15.2. The van der Waals surface area contributed by atoms with Gasteiger partial charge in [-0.25, -0.2) is 0 Å². The van der Waals surface area contributed by atoms with Crippen LogP contribution in [0.3, 0.4) is 0 Å². The van der Waals surface area contributed by atoms with E-state index >= 15 is 0 Å². The average Bonchev–Trinajstić information content (AvgIpc) is 3.23. The highest BCUT2D eigenvalue weighted by Gasteiger charge is 2.10. The van der Waals surface area contributed by atoms with Crippen LogP contribution in [0.4, 0.5) is 0 Å². The summed E-state index contributed by atoms with van der Waals surface area (Å²) in [5, 5.41) is 4.57. The molecule has 1 N–H and O–H groups in total. The van der Waals surface area contributed by atoms with Crippen LogP contribution in [0, 0.1) is 12.8 Å². The largest absolute Gasteiger partial charge is 0.262 e. The molecule has 0 saturated carbocycles. The third-order valence-electron chi connectivity index (χ3n) is 4.10. The van der Waals surface area contributed by atoms with Gasteiger partial charge in [-0.3, -0.25) is 5.43 Å². The van der Waals surface area contributed by atoms with Gasteiger partial charge in [0.2, 0.25) is 0 Å². The number of benzene rings is 2. The van der Waals surface area contributed by atoms with Gasteiger partial charge in [-0.1, -0.05) is 115 Å². The molecule has 0 saturated heterocycles. The van der Waals surface area contributed by atoms with Crippen LogP contribution < -0.4 is 5.43 Å². The van der Waals surface area contributed by atoms with E-state index in [-0.39, 0.29) is 5.92 Å². The molecule has 2 aromatic carbocycles. The standard InChI is InChI=1S/C23H22N2S2/c1-18-11-13-19(14-12-18)15-16-22(21-9-5-6-10-21)24-25-23(26)27-17-20-7-3-2-4-8-20/h2-16,21H,17H2,1H3,(H,25,26)/b16-15+,24-22+. The summed E-state index contributed by atoms with van der Waals surface area (Å²) < 4.78 is 0.672. The van der Waals surface area contributed by atoms with E-state index in [1.807, 2.05) is 36.4 Å². The minimum Gasteiger partial charge on any atom is -0.262 e. The number of hydrogen-bond acceptors (Lipinski definition) is 3. The molecule has 0 spiro atoms. The summed E-state index contributed by atoms with van der Waals surface area (Å²) in [6, 6.07) is 18.7. The van der Waals surface area contributed by atoms with Crippen LogP contribution in [0.25, 0.3) is 6.08 Å². The van der Waals surface area contributed by atoms with Gasteiger partial charge in [0, 0.05) is 11.7 Å². The highest BCUT2D eigenvalue weighted by atomic mass is 32.2. The van der Waals surface area contributed by atoms with Crippen LogP contribution in [-0.4, -0.2) is 10.0 Å². The molecule has 27 heavy (non-hydrogen) atoms. The Balaban J connectivity index is 1.63. The van der Waals surface area contributed by atoms with Crippen LogP contribution in [0.1, 0.15) is 16.7 Å². The summed E-state index contributed by atoms with van der Waals surface area (Å²) in [4.78, 5) is 0. The minimum absolute atomic E-state index is 0.168. The van der Waals surface area contributed by atoms with Crippen LogP contribution in [0.5, 0.6) is 0 Å². The maximum absolute atomic E-state index is 5.42. The molecule has 0 bridgehead atoms. The fourth-order valence-corrected chi connectivity index (χ4v) is 3.40. The Labute approximate surface area is 170 Å². The predicted molar refractivity (Wildman–Crippen MR) is 123 cm³/mol. The summed E-state index contributed by atoms with van der Waals surface area (Å²) in [5.74, 6) is 1.00. The lowest BCUT2D eigenvalue weighted by atomic mass is 10.0. The van der Waals surface area contributed by atoms with Crippen molar-refractivity contribution < 1.29 is 0 Å². The van der Waals surface area contributed by atoms with Crippen molar-refractivity contribution >= 4 is 40.1 Å². The number of thiocarbonyl (C=S) groups is 1. The maximum Gasteiger partial charge on any atom is 0.154 e. The Morgan fingerprint density at radius 1 is 1.07 bits per heavy atom. The summed E-state index contributed by atoms with van der Waals surface area (Å²) in [6.45, 7) is 2.09. The second-order valence-electron chi connectivity index (χ2n) is 6.25. The molecule has 0 amide bonds. The Kier molecular flexibility index (Phi) is 7.19. The van der Waals surface area contributed by atoms with Crippen molar-refractivity contribution in [2.45, 2.75) is 12.7 Å². The summed E-state index contributed by atoms with van der Waals surface area (Å²) in [5.41, 5.74) is 7.63. The summed E-state index contributed by atoms with van der Waals surface area (Å²) in [6.07, 6.45) is 12.5. The number of rotatable bonds is 6. The van der Waals surface area contributed by atoms with Gasteiger partial charge < -0.3 is 0 Å². The predicted octanol–water partition coefficient (Wildman–Crippen LogP) is 5.91. The molecule has 2 aromatic rings. The summed E-state index contributed by atoms with van der Waals surface area (Å²) in [7, 11) is 0. The number of hydrogen-bond donors (Lipinski definition) is 1. The van der Waals surface area contributed by atoms with E-state index in [1.54, 1.807) is 11.8 Å². The summed E-state index contributed by atoms with van der Waals surface area (Å²) >= 11 is 7.01. The molecule has 1 aliphatic carbocycles. The monoisotopic (exact) mass is 390 g/mol. The lowest BCUT2D eigenvalue weighted by molar-refractivity contribution is 1.02. The van der Waals surface area contributed by atoms with E-state index in [9.17, 15) is 0 Å². The van der Waals surface area contributed by atoms with Crippen LogP contribution in [-0.2, 0) is 5.75 Å². The molecule has 136 valence electrons. The van der Waals surface area contributed by atoms with Crippen LogP contribution >= 0.6 is 24.0 Å². The number of hydrazone groups is 1. The molecular formula is C23H22N2S2. The van der Waals surface area contributed by atoms with Crippen LogP contribution in [0.2, 0.25) is 0 Å². The van der Waals surface area contributed by atoms with E-state index < -0.39 is 0 Å². The van der Waals surface area contributed by atoms with Gasteiger partial charge in [-0.15, -0.1) is 0 Å². The van der Waals surface area contributed by atoms with E-state index in [2.05, 4.69) is 72.1 Å². The van der Waals surface area contributed by atoms with Crippen molar-refractivity contribution in [1.82, 2.24) is 5.43 Å². The number of thioether (sulfide) groups is 1. The minimum atomic E-state index is 0.168. The lowest BCUT2D eigenvalue weighted by Gasteiger charge is -2.08. The van der Waals surface area contributed by atoms with Gasteiger partial charge in [0.05, 0.1) is 5.71 Å². The van der Waals surface area contributed by atoms with E-state index in [0.29, 0.717) is 4.32 Å². The molecule has 1 aliphatic rings.